The minimum absolute atomic E-state index is 0.0509. The van der Waals surface area contributed by atoms with Crippen molar-refractivity contribution in [3.05, 3.63) is 82.8 Å². The van der Waals surface area contributed by atoms with Crippen LogP contribution >= 0.6 is 0 Å². The van der Waals surface area contributed by atoms with Crippen molar-refractivity contribution in [2.24, 2.45) is 0 Å². The Kier molecular flexibility index (Phi) is 3.99. The Morgan fingerprint density at radius 2 is 1.85 bits per heavy atom. The van der Waals surface area contributed by atoms with Gasteiger partial charge in [-0.05, 0) is 50.2 Å². The average Bonchev–Trinajstić information content (AvgIpc) is 3.41. The maximum atomic E-state index is 13.0. The molecule has 1 aliphatic heterocycles. The molecule has 1 aliphatic rings. The molecule has 138 valence electrons. The summed E-state index contributed by atoms with van der Waals surface area (Å²) < 4.78 is 16.4. The van der Waals surface area contributed by atoms with Gasteiger partial charge < -0.3 is 23.3 Å². The summed E-state index contributed by atoms with van der Waals surface area (Å²) in [7, 11) is 0. The van der Waals surface area contributed by atoms with E-state index in [1.807, 2.05) is 0 Å². The number of aliphatic hydroxyl groups is 1. The number of carbonyl (C=O) groups is 2. The number of aryl methyl sites for hydroxylation is 2. The summed E-state index contributed by atoms with van der Waals surface area (Å²) in [4.78, 5) is 27.1. The Morgan fingerprint density at radius 1 is 1.11 bits per heavy atom. The van der Waals surface area contributed by atoms with Crippen molar-refractivity contribution in [3.63, 3.8) is 0 Å². The van der Waals surface area contributed by atoms with E-state index in [-0.39, 0.29) is 17.9 Å². The molecule has 0 spiro atoms. The highest BCUT2D eigenvalue weighted by Gasteiger charge is 2.46. The smallest absolute Gasteiger partial charge is 0.290 e. The number of hydrogen-bond donors (Lipinski definition) is 1. The first-order chi connectivity index (χ1) is 13.0. The summed E-state index contributed by atoms with van der Waals surface area (Å²) >= 11 is 0. The van der Waals surface area contributed by atoms with Gasteiger partial charge in [-0.1, -0.05) is 0 Å². The lowest BCUT2D eigenvalue weighted by atomic mass is 9.99. The van der Waals surface area contributed by atoms with Gasteiger partial charge in [0.05, 0.1) is 18.4 Å². The first-order valence-electron chi connectivity index (χ1n) is 8.39. The second-order valence-corrected chi connectivity index (χ2v) is 6.37. The Bertz CT molecular complexity index is 1040. The van der Waals surface area contributed by atoms with E-state index in [2.05, 4.69) is 0 Å². The maximum absolute atomic E-state index is 13.0. The van der Waals surface area contributed by atoms with Crippen LogP contribution < -0.4 is 0 Å². The minimum atomic E-state index is -0.880. The molecule has 7 heteroatoms. The fraction of sp³-hybridized carbons (Fsp3) is 0.200. The van der Waals surface area contributed by atoms with Crippen molar-refractivity contribution in [1.29, 1.82) is 0 Å². The van der Waals surface area contributed by atoms with E-state index < -0.39 is 23.5 Å². The molecule has 0 aliphatic carbocycles. The van der Waals surface area contributed by atoms with Crippen LogP contribution in [0.15, 0.2) is 67.2 Å². The van der Waals surface area contributed by atoms with Gasteiger partial charge in [0.1, 0.15) is 29.1 Å². The number of nitrogens with zero attached hydrogens (tertiary/aromatic N) is 1. The fourth-order valence-corrected chi connectivity index (χ4v) is 3.20. The van der Waals surface area contributed by atoms with E-state index in [1.165, 1.54) is 17.2 Å². The zero-order valence-corrected chi connectivity index (χ0v) is 14.8. The number of Topliss-reactive ketones (excluding diaryl/α,β-unsaturated/α-hetero) is 1. The largest absolute Gasteiger partial charge is 0.503 e. The number of hydrogen-bond acceptors (Lipinski definition) is 6. The second-order valence-electron chi connectivity index (χ2n) is 6.37. The third-order valence-electron chi connectivity index (χ3n) is 4.45. The van der Waals surface area contributed by atoms with E-state index in [9.17, 15) is 14.7 Å². The van der Waals surface area contributed by atoms with Gasteiger partial charge in [-0.3, -0.25) is 9.59 Å². The highest BCUT2D eigenvalue weighted by molar-refractivity contribution is 6.14. The van der Waals surface area contributed by atoms with E-state index in [4.69, 9.17) is 13.3 Å². The van der Waals surface area contributed by atoms with Crippen LogP contribution in [0.2, 0.25) is 0 Å². The molecular weight excluding hydrogens is 350 g/mol. The topological polar surface area (TPSA) is 97.0 Å². The van der Waals surface area contributed by atoms with Crippen LogP contribution in [0.3, 0.4) is 0 Å². The Hall–Kier alpha value is -3.48. The molecule has 0 radical (unpaired) electrons. The first kappa shape index (κ1) is 17.0. The average molecular weight is 367 g/mol. The summed E-state index contributed by atoms with van der Waals surface area (Å²) in [6.07, 6.45) is 1.49. The molecule has 3 aromatic heterocycles. The molecule has 1 amide bonds. The van der Waals surface area contributed by atoms with Crippen molar-refractivity contribution in [1.82, 2.24) is 4.90 Å². The number of aliphatic hydroxyl groups excluding tert-OH is 1. The molecule has 0 bridgehead atoms. The minimum Gasteiger partial charge on any atom is -0.503 e. The quantitative estimate of drug-likeness (QED) is 0.688. The van der Waals surface area contributed by atoms with Crippen molar-refractivity contribution in [3.8, 4) is 0 Å². The van der Waals surface area contributed by atoms with Crippen LogP contribution in [-0.4, -0.2) is 21.7 Å². The number of carbonyl (C=O) groups excluding carboxylic acids is 2. The standard InChI is InChI=1S/C20H17NO6/c1-11-5-7-14(26-11)17-16(18(22)15-8-6-12(2)27-15)19(23)20(24)21(17)10-13-4-3-9-25-13/h3-9,17,23H,10H2,1-2H3. The van der Waals surface area contributed by atoms with Crippen LogP contribution in [0.25, 0.3) is 0 Å². The predicted molar refractivity (Wildman–Crippen MR) is 92.9 cm³/mol. The monoisotopic (exact) mass is 367 g/mol. The highest BCUT2D eigenvalue weighted by atomic mass is 16.4. The van der Waals surface area contributed by atoms with Gasteiger partial charge in [0.15, 0.2) is 11.5 Å². The van der Waals surface area contributed by atoms with Gasteiger partial charge in [0.25, 0.3) is 5.91 Å². The summed E-state index contributed by atoms with van der Waals surface area (Å²) in [6.45, 7) is 3.55. The fourth-order valence-electron chi connectivity index (χ4n) is 3.20. The van der Waals surface area contributed by atoms with Gasteiger partial charge in [-0.15, -0.1) is 0 Å². The normalized spacial score (nSPS) is 17.2. The van der Waals surface area contributed by atoms with Crippen LogP contribution in [-0.2, 0) is 11.3 Å². The third kappa shape index (κ3) is 2.87. The number of amides is 1. The molecule has 3 aromatic rings. The molecule has 0 saturated carbocycles. The molecule has 1 unspecified atom stereocenters. The third-order valence-corrected chi connectivity index (χ3v) is 4.45. The van der Waals surface area contributed by atoms with E-state index in [0.717, 1.165) is 0 Å². The molecule has 27 heavy (non-hydrogen) atoms. The Morgan fingerprint density at radius 3 is 2.44 bits per heavy atom. The summed E-state index contributed by atoms with van der Waals surface area (Å²) in [6, 6.07) is 9.11. The van der Waals surface area contributed by atoms with Crippen molar-refractivity contribution >= 4 is 11.7 Å². The molecule has 1 atom stereocenters. The van der Waals surface area contributed by atoms with Crippen molar-refractivity contribution in [2.45, 2.75) is 26.4 Å². The van der Waals surface area contributed by atoms with Gasteiger partial charge in [-0.25, -0.2) is 0 Å². The predicted octanol–water partition coefficient (Wildman–Crippen LogP) is 3.86. The molecule has 1 N–H and O–H groups in total. The van der Waals surface area contributed by atoms with E-state index in [1.54, 1.807) is 44.2 Å². The molecule has 4 heterocycles. The number of furan rings is 3. The zero-order valence-electron chi connectivity index (χ0n) is 14.8. The molecular formula is C20H17NO6. The van der Waals surface area contributed by atoms with Crippen LogP contribution in [0.1, 0.15) is 39.6 Å². The summed E-state index contributed by atoms with van der Waals surface area (Å²) in [5, 5.41) is 10.5. The molecule has 7 nitrogen and oxygen atoms in total. The number of ketones is 1. The van der Waals surface area contributed by atoms with Crippen LogP contribution in [0.4, 0.5) is 0 Å². The molecule has 0 aromatic carbocycles. The van der Waals surface area contributed by atoms with E-state index >= 15 is 0 Å². The van der Waals surface area contributed by atoms with Gasteiger partial charge in [-0.2, -0.15) is 0 Å². The second kappa shape index (κ2) is 6.35. The Balaban J connectivity index is 1.79. The number of rotatable bonds is 5. The lowest BCUT2D eigenvalue weighted by Gasteiger charge is -2.23. The first-order valence-corrected chi connectivity index (χ1v) is 8.39. The molecule has 0 fully saturated rings. The SMILES string of the molecule is Cc1ccc(C(=O)C2=C(O)C(=O)N(Cc3ccco3)C2c2ccc(C)o2)o1. The highest BCUT2D eigenvalue weighted by Crippen LogP contribution is 2.40. The van der Waals surface area contributed by atoms with Crippen LogP contribution in [0.5, 0.6) is 0 Å². The summed E-state index contributed by atoms with van der Waals surface area (Å²) in [5.41, 5.74) is -0.0738. The lowest BCUT2D eigenvalue weighted by molar-refractivity contribution is -0.130. The summed E-state index contributed by atoms with van der Waals surface area (Å²) in [5.74, 6) is 0.291. The van der Waals surface area contributed by atoms with Crippen molar-refractivity contribution in [2.75, 3.05) is 0 Å². The van der Waals surface area contributed by atoms with Gasteiger partial charge >= 0.3 is 0 Å². The van der Waals surface area contributed by atoms with Crippen molar-refractivity contribution < 1.29 is 27.9 Å². The van der Waals surface area contributed by atoms with E-state index in [0.29, 0.717) is 23.0 Å². The molecule has 0 saturated heterocycles. The molecule has 4 rings (SSSR count). The lowest BCUT2D eigenvalue weighted by Crippen LogP contribution is -2.30. The maximum Gasteiger partial charge on any atom is 0.290 e. The zero-order chi connectivity index (χ0) is 19.1. The van der Waals surface area contributed by atoms with Gasteiger partial charge in [0.2, 0.25) is 5.78 Å². The van der Waals surface area contributed by atoms with Crippen LogP contribution in [0, 0.1) is 13.8 Å². The van der Waals surface area contributed by atoms with Gasteiger partial charge in [0, 0.05) is 0 Å². The Labute approximate surface area is 154 Å².